The SMILES string of the molecule is COc1cc([C@H]2N[C@@H](c3ccccc3)C(C)(C)OC2=O)c(O)c(OC)c1C. The molecule has 0 amide bonds. The number of aromatic hydroxyl groups is 1. The summed E-state index contributed by atoms with van der Waals surface area (Å²) >= 11 is 0. The number of benzene rings is 2. The average molecular weight is 371 g/mol. The van der Waals surface area contributed by atoms with Crippen molar-refractivity contribution < 1.29 is 24.1 Å². The maximum atomic E-state index is 12.7. The van der Waals surface area contributed by atoms with Gasteiger partial charge in [-0.05, 0) is 32.4 Å². The molecule has 0 aromatic heterocycles. The average Bonchev–Trinajstić information content (AvgIpc) is 2.63. The normalized spacial score (nSPS) is 21.4. The summed E-state index contributed by atoms with van der Waals surface area (Å²) in [5, 5.41) is 14.1. The third-order valence-electron chi connectivity index (χ3n) is 4.98. The summed E-state index contributed by atoms with van der Waals surface area (Å²) in [4.78, 5) is 12.7. The van der Waals surface area contributed by atoms with Crippen LogP contribution in [-0.4, -0.2) is 30.9 Å². The lowest BCUT2D eigenvalue weighted by atomic mass is 9.87. The van der Waals surface area contributed by atoms with Crippen LogP contribution in [0.3, 0.4) is 0 Å². The molecule has 1 aliphatic heterocycles. The van der Waals surface area contributed by atoms with Gasteiger partial charge in [0, 0.05) is 11.1 Å². The molecule has 0 unspecified atom stereocenters. The van der Waals surface area contributed by atoms with Gasteiger partial charge in [0.05, 0.1) is 20.3 Å². The highest BCUT2D eigenvalue weighted by Gasteiger charge is 2.45. The van der Waals surface area contributed by atoms with Crippen LogP contribution >= 0.6 is 0 Å². The highest BCUT2D eigenvalue weighted by atomic mass is 16.6. The second-order valence-corrected chi connectivity index (χ2v) is 7.14. The summed E-state index contributed by atoms with van der Waals surface area (Å²) in [6, 6.07) is 10.3. The van der Waals surface area contributed by atoms with E-state index in [-0.39, 0.29) is 17.5 Å². The number of carbonyl (C=O) groups excluding carboxylic acids is 1. The van der Waals surface area contributed by atoms with Gasteiger partial charge in [0.1, 0.15) is 17.4 Å². The molecule has 0 radical (unpaired) electrons. The van der Waals surface area contributed by atoms with Gasteiger partial charge < -0.3 is 19.3 Å². The highest BCUT2D eigenvalue weighted by molar-refractivity contribution is 5.81. The number of hydrogen-bond donors (Lipinski definition) is 2. The van der Waals surface area contributed by atoms with E-state index in [9.17, 15) is 9.90 Å². The lowest BCUT2D eigenvalue weighted by molar-refractivity contribution is -0.172. The number of rotatable bonds is 4. The molecule has 3 rings (SSSR count). The van der Waals surface area contributed by atoms with E-state index in [0.29, 0.717) is 16.9 Å². The molecule has 27 heavy (non-hydrogen) atoms. The molecule has 0 spiro atoms. The Morgan fingerprint density at radius 1 is 1.15 bits per heavy atom. The van der Waals surface area contributed by atoms with Crippen molar-refractivity contribution in [1.82, 2.24) is 5.32 Å². The molecule has 1 aliphatic rings. The second kappa shape index (κ2) is 7.12. The Kier molecular flexibility index (Phi) is 5.02. The van der Waals surface area contributed by atoms with E-state index in [1.807, 2.05) is 44.2 Å². The van der Waals surface area contributed by atoms with E-state index >= 15 is 0 Å². The fourth-order valence-corrected chi connectivity index (χ4v) is 3.59. The molecule has 0 aliphatic carbocycles. The smallest absolute Gasteiger partial charge is 0.328 e. The van der Waals surface area contributed by atoms with Crippen LogP contribution in [0.15, 0.2) is 36.4 Å². The first-order valence-electron chi connectivity index (χ1n) is 8.78. The molecule has 2 N–H and O–H groups in total. The Morgan fingerprint density at radius 2 is 1.81 bits per heavy atom. The Bertz CT molecular complexity index is 847. The minimum absolute atomic E-state index is 0.100. The first-order chi connectivity index (χ1) is 12.8. The largest absolute Gasteiger partial charge is 0.504 e. The van der Waals surface area contributed by atoms with Crippen LogP contribution in [0.25, 0.3) is 0 Å². The van der Waals surface area contributed by atoms with Crippen LogP contribution in [0.2, 0.25) is 0 Å². The number of cyclic esters (lactones) is 1. The van der Waals surface area contributed by atoms with Crippen LogP contribution in [0.5, 0.6) is 17.2 Å². The molecule has 6 nitrogen and oxygen atoms in total. The number of esters is 1. The molecule has 2 aromatic rings. The van der Waals surface area contributed by atoms with Crippen LogP contribution in [0.4, 0.5) is 0 Å². The van der Waals surface area contributed by atoms with Crippen molar-refractivity contribution in [3.63, 3.8) is 0 Å². The minimum atomic E-state index is -0.855. The molecule has 2 aromatic carbocycles. The van der Waals surface area contributed by atoms with Crippen molar-refractivity contribution in [3.05, 3.63) is 53.1 Å². The van der Waals surface area contributed by atoms with Gasteiger partial charge >= 0.3 is 5.97 Å². The molecule has 1 saturated heterocycles. The highest BCUT2D eigenvalue weighted by Crippen LogP contribution is 2.45. The second-order valence-electron chi connectivity index (χ2n) is 7.14. The van der Waals surface area contributed by atoms with Gasteiger partial charge in [0.25, 0.3) is 0 Å². The fourth-order valence-electron chi connectivity index (χ4n) is 3.59. The maximum absolute atomic E-state index is 12.7. The van der Waals surface area contributed by atoms with Crippen molar-refractivity contribution >= 4 is 5.97 Å². The monoisotopic (exact) mass is 371 g/mol. The Labute approximate surface area is 159 Å². The molecule has 6 heteroatoms. The predicted molar refractivity (Wildman–Crippen MR) is 101 cm³/mol. The Hall–Kier alpha value is -2.73. The van der Waals surface area contributed by atoms with Gasteiger partial charge in [-0.2, -0.15) is 0 Å². The first-order valence-corrected chi connectivity index (χ1v) is 8.78. The lowest BCUT2D eigenvalue weighted by Crippen LogP contribution is -2.52. The molecule has 0 bridgehead atoms. The first kappa shape index (κ1) is 19.0. The number of morpholine rings is 1. The van der Waals surface area contributed by atoms with Crippen LogP contribution in [0.1, 0.15) is 42.6 Å². The van der Waals surface area contributed by atoms with Crippen LogP contribution in [0, 0.1) is 6.92 Å². The van der Waals surface area contributed by atoms with Crippen molar-refractivity contribution in [2.75, 3.05) is 14.2 Å². The number of methoxy groups -OCH3 is 2. The third-order valence-corrected chi connectivity index (χ3v) is 4.98. The van der Waals surface area contributed by atoms with Gasteiger partial charge in [0.15, 0.2) is 11.5 Å². The molecule has 144 valence electrons. The fraction of sp³-hybridized carbons (Fsp3) is 0.381. The van der Waals surface area contributed by atoms with Gasteiger partial charge in [-0.1, -0.05) is 30.3 Å². The summed E-state index contributed by atoms with van der Waals surface area (Å²) in [7, 11) is 3.00. The number of nitrogens with one attached hydrogen (secondary N) is 1. The van der Waals surface area contributed by atoms with Crippen molar-refractivity contribution in [1.29, 1.82) is 0 Å². The number of carbonyl (C=O) groups is 1. The number of phenols is 1. The standard InChI is InChI=1S/C21H25NO5/c1-12-15(25-4)11-14(17(23)18(12)26-5)16-20(24)27-21(2,3)19(22-16)13-9-7-6-8-10-13/h6-11,16,19,22-23H,1-5H3/t16-,19+/m1/s1. The van der Waals surface area contributed by atoms with Crippen LogP contribution < -0.4 is 14.8 Å². The van der Waals surface area contributed by atoms with Crippen molar-refractivity contribution in [2.45, 2.75) is 38.5 Å². The lowest BCUT2D eigenvalue weighted by Gasteiger charge is -2.42. The number of ether oxygens (including phenoxy) is 3. The van der Waals surface area contributed by atoms with Crippen molar-refractivity contribution in [3.8, 4) is 17.2 Å². The summed E-state index contributed by atoms with van der Waals surface area (Å²) < 4.78 is 16.5. The minimum Gasteiger partial charge on any atom is -0.504 e. The molecule has 1 fully saturated rings. The molecule has 2 atom stereocenters. The van der Waals surface area contributed by atoms with Gasteiger partial charge in [-0.15, -0.1) is 0 Å². The van der Waals surface area contributed by atoms with E-state index < -0.39 is 17.6 Å². The topological polar surface area (TPSA) is 77.0 Å². The summed E-state index contributed by atoms with van der Waals surface area (Å²) in [6.45, 7) is 5.51. The summed E-state index contributed by atoms with van der Waals surface area (Å²) in [6.07, 6.45) is 0. The zero-order valence-corrected chi connectivity index (χ0v) is 16.2. The van der Waals surface area contributed by atoms with Gasteiger partial charge in [-0.3, -0.25) is 5.32 Å². The quantitative estimate of drug-likeness (QED) is 0.802. The van der Waals surface area contributed by atoms with E-state index in [0.717, 1.165) is 5.56 Å². The van der Waals surface area contributed by atoms with Gasteiger partial charge in [-0.25, -0.2) is 4.79 Å². The number of hydrogen-bond acceptors (Lipinski definition) is 6. The van der Waals surface area contributed by atoms with E-state index in [2.05, 4.69) is 5.32 Å². The van der Waals surface area contributed by atoms with E-state index in [4.69, 9.17) is 14.2 Å². The Morgan fingerprint density at radius 3 is 2.41 bits per heavy atom. The molecular weight excluding hydrogens is 346 g/mol. The zero-order chi connectivity index (χ0) is 19.8. The third kappa shape index (κ3) is 3.32. The summed E-state index contributed by atoms with van der Waals surface area (Å²) in [5.41, 5.74) is 1.26. The van der Waals surface area contributed by atoms with E-state index in [1.165, 1.54) is 14.2 Å². The number of phenolic OH excluding ortho intramolecular Hbond substituents is 1. The summed E-state index contributed by atoms with van der Waals surface area (Å²) in [5.74, 6) is 0.239. The zero-order valence-electron chi connectivity index (χ0n) is 16.2. The van der Waals surface area contributed by atoms with Crippen LogP contribution in [-0.2, 0) is 9.53 Å². The molecule has 0 saturated carbocycles. The Balaban J connectivity index is 2.08. The predicted octanol–water partition coefficient (Wildman–Crippen LogP) is 3.43. The molecule has 1 heterocycles. The van der Waals surface area contributed by atoms with Crippen molar-refractivity contribution in [2.24, 2.45) is 0 Å². The maximum Gasteiger partial charge on any atom is 0.328 e. The van der Waals surface area contributed by atoms with E-state index in [1.54, 1.807) is 13.0 Å². The van der Waals surface area contributed by atoms with Gasteiger partial charge in [0.2, 0.25) is 0 Å². The molecular formula is C21H25NO5.